The van der Waals surface area contributed by atoms with Crippen molar-refractivity contribution in [3.05, 3.63) is 89.9 Å². The lowest BCUT2D eigenvalue weighted by molar-refractivity contribution is -0.135. The normalized spacial score (nSPS) is 18.5. The van der Waals surface area contributed by atoms with Crippen molar-refractivity contribution >= 4 is 5.91 Å². The summed E-state index contributed by atoms with van der Waals surface area (Å²) in [5, 5.41) is 0. The Morgan fingerprint density at radius 1 is 1.06 bits per heavy atom. The van der Waals surface area contributed by atoms with E-state index in [1.807, 2.05) is 61.2 Å². The molecule has 0 bridgehead atoms. The van der Waals surface area contributed by atoms with E-state index in [1.165, 1.54) is 5.56 Å². The zero-order chi connectivity index (χ0) is 23.2. The lowest BCUT2D eigenvalue weighted by atomic mass is 9.87. The number of hydrogen-bond donors (Lipinski definition) is 0. The number of benzene rings is 2. The highest BCUT2D eigenvalue weighted by molar-refractivity contribution is 5.78. The van der Waals surface area contributed by atoms with Gasteiger partial charge in [0.25, 0.3) is 0 Å². The average molecular weight is 447 g/mol. The van der Waals surface area contributed by atoms with Gasteiger partial charge in [-0.2, -0.15) is 0 Å². The van der Waals surface area contributed by atoms with Crippen molar-refractivity contribution in [2.24, 2.45) is 11.8 Å². The molecule has 0 aliphatic carbocycles. The molecule has 2 unspecified atom stereocenters. The van der Waals surface area contributed by atoms with Crippen LogP contribution >= 0.6 is 0 Å². The summed E-state index contributed by atoms with van der Waals surface area (Å²) in [7, 11) is 1.73. The van der Waals surface area contributed by atoms with Crippen LogP contribution in [0.1, 0.15) is 36.7 Å². The monoisotopic (exact) mass is 446 g/mol. The molecule has 5 heteroatoms. The van der Waals surface area contributed by atoms with Crippen molar-refractivity contribution in [3.8, 4) is 5.75 Å². The van der Waals surface area contributed by atoms with Crippen LogP contribution in [0.15, 0.2) is 77.4 Å². The minimum atomic E-state index is -0.0425. The van der Waals surface area contributed by atoms with E-state index in [1.54, 1.807) is 13.4 Å². The Kier molecular flexibility index (Phi) is 7.50. The molecule has 1 fully saturated rings. The SMILES string of the molecule is COc1ccccc1C1CN(Cc2ccco2)CC1CN(Cc1ccccc1)C(=O)C(C)C. The van der Waals surface area contributed by atoms with E-state index in [-0.39, 0.29) is 17.7 Å². The van der Waals surface area contributed by atoms with Crippen LogP contribution in [0, 0.1) is 11.8 Å². The number of rotatable bonds is 9. The minimum Gasteiger partial charge on any atom is -0.496 e. The van der Waals surface area contributed by atoms with Crippen molar-refractivity contribution < 1.29 is 13.9 Å². The highest BCUT2D eigenvalue weighted by Crippen LogP contribution is 2.38. The summed E-state index contributed by atoms with van der Waals surface area (Å²) in [5.74, 6) is 2.60. The number of para-hydroxylation sites is 1. The Balaban J connectivity index is 1.60. The van der Waals surface area contributed by atoms with Gasteiger partial charge in [0, 0.05) is 38.0 Å². The van der Waals surface area contributed by atoms with Crippen LogP contribution in [0.3, 0.4) is 0 Å². The molecule has 1 aliphatic rings. The van der Waals surface area contributed by atoms with Crippen LogP contribution < -0.4 is 4.74 Å². The zero-order valence-electron chi connectivity index (χ0n) is 19.8. The van der Waals surface area contributed by atoms with Crippen molar-refractivity contribution in [1.29, 1.82) is 0 Å². The smallest absolute Gasteiger partial charge is 0.225 e. The fourth-order valence-corrected chi connectivity index (χ4v) is 4.91. The summed E-state index contributed by atoms with van der Waals surface area (Å²) in [6, 6.07) is 22.5. The maximum atomic E-state index is 13.2. The third-order valence-corrected chi connectivity index (χ3v) is 6.49. The number of furan rings is 1. The number of methoxy groups -OCH3 is 1. The van der Waals surface area contributed by atoms with Gasteiger partial charge >= 0.3 is 0 Å². The highest BCUT2D eigenvalue weighted by Gasteiger charge is 2.37. The molecule has 2 aromatic carbocycles. The molecular weight excluding hydrogens is 412 g/mol. The molecule has 0 saturated carbocycles. The summed E-state index contributed by atoms with van der Waals surface area (Å²) in [4.78, 5) is 17.7. The van der Waals surface area contributed by atoms with Crippen LogP contribution in [-0.4, -0.2) is 42.5 Å². The lowest BCUT2D eigenvalue weighted by Gasteiger charge is -2.30. The van der Waals surface area contributed by atoms with Gasteiger partial charge in [0.2, 0.25) is 5.91 Å². The molecule has 33 heavy (non-hydrogen) atoms. The zero-order valence-corrected chi connectivity index (χ0v) is 19.8. The predicted molar refractivity (Wildman–Crippen MR) is 130 cm³/mol. The van der Waals surface area contributed by atoms with Gasteiger partial charge in [-0.05, 0) is 35.2 Å². The Bertz CT molecular complexity index is 1020. The molecule has 1 aliphatic heterocycles. The molecule has 0 radical (unpaired) electrons. The van der Waals surface area contributed by atoms with Gasteiger partial charge in [-0.15, -0.1) is 0 Å². The summed E-state index contributed by atoms with van der Waals surface area (Å²) >= 11 is 0. The molecule has 5 nitrogen and oxygen atoms in total. The second-order valence-corrected chi connectivity index (χ2v) is 9.24. The maximum absolute atomic E-state index is 13.2. The van der Waals surface area contributed by atoms with E-state index in [2.05, 4.69) is 29.2 Å². The van der Waals surface area contributed by atoms with Crippen molar-refractivity contribution in [2.45, 2.75) is 32.9 Å². The van der Waals surface area contributed by atoms with Gasteiger partial charge in [-0.25, -0.2) is 0 Å². The largest absolute Gasteiger partial charge is 0.496 e. The van der Waals surface area contributed by atoms with Crippen molar-refractivity contribution in [1.82, 2.24) is 9.80 Å². The first kappa shape index (κ1) is 23.1. The molecule has 1 amide bonds. The Labute approximate surface area is 197 Å². The number of carbonyl (C=O) groups excluding carboxylic acids is 1. The number of carbonyl (C=O) groups is 1. The highest BCUT2D eigenvalue weighted by atomic mass is 16.5. The van der Waals surface area contributed by atoms with E-state index in [9.17, 15) is 4.79 Å². The standard InChI is InChI=1S/C28H34N2O3/c1-21(2)28(31)30(16-22-10-5-4-6-11-22)18-23-17-29(19-24-12-9-15-33-24)20-26(23)25-13-7-8-14-27(25)32-3/h4-15,21,23,26H,16-20H2,1-3H3. The maximum Gasteiger partial charge on any atom is 0.225 e. The van der Waals surface area contributed by atoms with Gasteiger partial charge in [0.1, 0.15) is 11.5 Å². The Morgan fingerprint density at radius 2 is 1.82 bits per heavy atom. The first-order chi connectivity index (χ1) is 16.0. The number of nitrogens with zero attached hydrogens (tertiary/aromatic N) is 2. The van der Waals surface area contributed by atoms with Crippen LogP contribution in [0.2, 0.25) is 0 Å². The molecular formula is C28H34N2O3. The second-order valence-electron chi connectivity index (χ2n) is 9.24. The van der Waals surface area contributed by atoms with Crippen LogP contribution in [0.25, 0.3) is 0 Å². The lowest BCUT2D eigenvalue weighted by Crippen LogP contribution is -2.39. The summed E-state index contributed by atoms with van der Waals surface area (Å²) in [6.45, 7) is 7.88. The average Bonchev–Trinajstić information content (AvgIpc) is 3.49. The molecule has 2 atom stereocenters. The molecule has 0 N–H and O–H groups in total. The molecule has 1 saturated heterocycles. The van der Waals surface area contributed by atoms with Gasteiger partial charge in [0.05, 0.1) is 19.9 Å². The molecule has 174 valence electrons. The fraction of sp³-hybridized carbons (Fsp3) is 0.393. The fourth-order valence-electron chi connectivity index (χ4n) is 4.91. The first-order valence-corrected chi connectivity index (χ1v) is 11.8. The Morgan fingerprint density at radius 3 is 2.52 bits per heavy atom. The summed E-state index contributed by atoms with van der Waals surface area (Å²) in [5.41, 5.74) is 2.37. The van der Waals surface area contributed by atoms with Crippen molar-refractivity contribution in [2.75, 3.05) is 26.7 Å². The quantitative estimate of drug-likeness (QED) is 0.454. The number of likely N-dealkylation sites (tertiary alicyclic amines) is 1. The van der Waals surface area contributed by atoms with E-state index >= 15 is 0 Å². The third kappa shape index (κ3) is 5.66. The molecule has 2 heterocycles. The number of ether oxygens (including phenoxy) is 1. The van der Waals surface area contributed by atoms with E-state index in [4.69, 9.17) is 9.15 Å². The van der Waals surface area contributed by atoms with Gasteiger partial charge < -0.3 is 14.1 Å². The second kappa shape index (κ2) is 10.7. The first-order valence-electron chi connectivity index (χ1n) is 11.8. The predicted octanol–water partition coefficient (Wildman–Crippen LogP) is 5.19. The summed E-state index contributed by atoms with van der Waals surface area (Å²) < 4.78 is 11.3. The third-order valence-electron chi connectivity index (χ3n) is 6.49. The van der Waals surface area contributed by atoms with Crippen LogP contribution in [0.5, 0.6) is 5.75 Å². The molecule has 1 aromatic heterocycles. The van der Waals surface area contributed by atoms with Gasteiger partial charge in [-0.1, -0.05) is 62.4 Å². The molecule has 4 rings (SSSR count). The Hall–Kier alpha value is -3.05. The van der Waals surface area contributed by atoms with Crippen LogP contribution in [-0.2, 0) is 17.9 Å². The molecule has 0 spiro atoms. The van der Waals surface area contributed by atoms with Gasteiger partial charge in [0.15, 0.2) is 0 Å². The number of hydrogen-bond acceptors (Lipinski definition) is 4. The topological polar surface area (TPSA) is 45.9 Å². The van der Waals surface area contributed by atoms with Crippen LogP contribution in [0.4, 0.5) is 0 Å². The van der Waals surface area contributed by atoms with Crippen molar-refractivity contribution in [3.63, 3.8) is 0 Å². The van der Waals surface area contributed by atoms with Gasteiger partial charge in [-0.3, -0.25) is 9.69 Å². The van der Waals surface area contributed by atoms with E-state index in [0.717, 1.165) is 36.7 Å². The molecule has 3 aromatic rings. The minimum absolute atomic E-state index is 0.0425. The van der Waals surface area contributed by atoms with E-state index < -0.39 is 0 Å². The van der Waals surface area contributed by atoms with E-state index in [0.29, 0.717) is 19.0 Å². The number of amides is 1. The summed E-state index contributed by atoms with van der Waals surface area (Å²) in [6.07, 6.45) is 1.73.